The van der Waals surface area contributed by atoms with Crippen LogP contribution in [0.1, 0.15) is 49.1 Å². The first-order chi connectivity index (χ1) is 10.2. The van der Waals surface area contributed by atoms with Crippen molar-refractivity contribution >= 4 is 5.91 Å². The van der Waals surface area contributed by atoms with Gasteiger partial charge < -0.3 is 14.8 Å². The molecule has 1 N–H and O–H groups in total. The Bertz CT molecular complexity index is 478. The summed E-state index contributed by atoms with van der Waals surface area (Å²) in [7, 11) is 1.85. The van der Waals surface area contributed by atoms with Gasteiger partial charge in [-0.25, -0.2) is 4.98 Å². The molecule has 1 aliphatic heterocycles. The van der Waals surface area contributed by atoms with E-state index in [0.717, 1.165) is 19.1 Å². The van der Waals surface area contributed by atoms with Crippen molar-refractivity contribution in [3.63, 3.8) is 0 Å². The zero-order valence-corrected chi connectivity index (χ0v) is 12.9. The quantitative estimate of drug-likeness (QED) is 0.920. The summed E-state index contributed by atoms with van der Waals surface area (Å²) < 4.78 is 1.76. The summed E-state index contributed by atoms with van der Waals surface area (Å²) in [5, 5.41) is 3.04. The number of carbonyl (C=O) groups is 1. The van der Waals surface area contributed by atoms with E-state index < -0.39 is 0 Å². The number of carbonyl (C=O) groups excluding carboxylic acids is 1. The van der Waals surface area contributed by atoms with Gasteiger partial charge in [-0.05, 0) is 31.7 Å². The van der Waals surface area contributed by atoms with E-state index in [-0.39, 0.29) is 5.91 Å². The molecular weight excluding hydrogens is 264 g/mol. The summed E-state index contributed by atoms with van der Waals surface area (Å²) >= 11 is 0. The fourth-order valence-electron chi connectivity index (χ4n) is 3.71. The number of hydrogen-bond acceptors (Lipinski definition) is 3. The summed E-state index contributed by atoms with van der Waals surface area (Å²) in [6.07, 6.45) is 11.6. The minimum absolute atomic E-state index is 0.0568. The van der Waals surface area contributed by atoms with Crippen molar-refractivity contribution in [1.29, 1.82) is 0 Å². The lowest BCUT2D eigenvalue weighted by molar-refractivity contribution is 0.0933. The number of nitrogens with zero attached hydrogens (tertiary/aromatic N) is 3. The maximum Gasteiger partial charge on any atom is 0.287 e. The highest BCUT2D eigenvalue weighted by Crippen LogP contribution is 2.27. The van der Waals surface area contributed by atoms with Gasteiger partial charge in [-0.2, -0.15) is 0 Å². The van der Waals surface area contributed by atoms with Gasteiger partial charge in [0.05, 0.1) is 0 Å². The number of hydrogen-bond donors (Lipinski definition) is 1. The van der Waals surface area contributed by atoms with Crippen LogP contribution < -0.4 is 5.32 Å². The van der Waals surface area contributed by atoms with Crippen LogP contribution in [0.5, 0.6) is 0 Å². The minimum Gasteiger partial charge on any atom is -0.349 e. The number of amides is 1. The summed E-state index contributed by atoms with van der Waals surface area (Å²) in [4.78, 5) is 18.8. The van der Waals surface area contributed by atoms with Crippen LogP contribution in [0.15, 0.2) is 12.4 Å². The molecule has 5 nitrogen and oxygen atoms in total. The molecule has 0 bridgehead atoms. The molecule has 1 aliphatic carbocycles. The lowest BCUT2D eigenvalue weighted by atomic mass is 9.94. The van der Waals surface area contributed by atoms with Gasteiger partial charge in [0.25, 0.3) is 5.91 Å². The van der Waals surface area contributed by atoms with Crippen LogP contribution in [0.4, 0.5) is 0 Å². The van der Waals surface area contributed by atoms with Crippen LogP contribution in [-0.4, -0.2) is 46.0 Å². The molecule has 116 valence electrons. The third kappa shape index (κ3) is 3.46. The monoisotopic (exact) mass is 290 g/mol. The number of aromatic nitrogens is 2. The van der Waals surface area contributed by atoms with Crippen molar-refractivity contribution < 1.29 is 4.79 Å². The Kier molecular flexibility index (Phi) is 4.58. The second kappa shape index (κ2) is 6.60. The van der Waals surface area contributed by atoms with Crippen LogP contribution in [0, 0.1) is 5.92 Å². The van der Waals surface area contributed by atoms with E-state index in [4.69, 9.17) is 0 Å². The van der Waals surface area contributed by atoms with Gasteiger partial charge in [0, 0.05) is 38.6 Å². The molecule has 3 rings (SSSR count). The molecule has 21 heavy (non-hydrogen) atoms. The highest BCUT2D eigenvalue weighted by Gasteiger charge is 2.29. The molecule has 2 heterocycles. The minimum atomic E-state index is -0.0568. The smallest absolute Gasteiger partial charge is 0.287 e. The molecule has 1 aromatic heterocycles. The number of nitrogens with one attached hydrogen (secondary N) is 1. The van der Waals surface area contributed by atoms with Crippen LogP contribution in [0.2, 0.25) is 0 Å². The predicted octanol–water partition coefficient (Wildman–Crippen LogP) is 1.80. The molecule has 0 radical (unpaired) electrons. The molecular formula is C16H26N4O. The molecule has 0 aromatic carbocycles. The maximum atomic E-state index is 12.1. The second-order valence-corrected chi connectivity index (χ2v) is 6.51. The predicted molar refractivity (Wildman–Crippen MR) is 82.1 cm³/mol. The average Bonchev–Trinajstić information content (AvgIpc) is 3.15. The Morgan fingerprint density at radius 1 is 1.33 bits per heavy atom. The molecule has 0 spiro atoms. The van der Waals surface area contributed by atoms with Crippen LogP contribution in [-0.2, 0) is 7.05 Å². The fraction of sp³-hybridized carbons (Fsp3) is 0.750. The molecule has 0 unspecified atom stereocenters. The summed E-state index contributed by atoms with van der Waals surface area (Å²) in [6.45, 7) is 3.12. The van der Waals surface area contributed by atoms with Gasteiger partial charge in [0.1, 0.15) is 0 Å². The Balaban J connectivity index is 1.44. The number of rotatable bonds is 4. The second-order valence-electron chi connectivity index (χ2n) is 6.51. The van der Waals surface area contributed by atoms with Gasteiger partial charge in [0.15, 0.2) is 5.82 Å². The lowest BCUT2D eigenvalue weighted by Gasteiger charge is -2.31. The summed E-state index contributed by atoms with van der Waals surface area (Å²) in [6, 6.07) is 0.800. The van der Waals surface area contributed by atoms with E-state index in [1.165, 1.54) is 45.1 Å². The lowest BCUT2D eigenvalue weighted by Crippen LogP contribution is -2.36. The first kappa shape index (κ1) is 14.6. The molecule has 1 saturated carbocycles. The Labute approximate surface area is 126 Å². The molecule has 1 atom stereocenters. The average molecular weight is 290 g/mol. The standard InChI is InChI=1S/C16H26N4O/c1-19-10-8-17-15(19)16(21)18-11-13-7-9-20(12-13)14-5-3-2-4-6-14/h8,10,13-14H,2-7,9,11-12H2,1H3,(H,18,21)/t13-/m1/s1. The third-order valence-corrected chi connectivity index (χ3v) is 4.98. The van der Waals surface area contributed by atoms with E-state index in [1.54, 1.807) is 17.0 Å². The van der Waals surface area contributed by atoms with Gasteiger partial charge in [0.2, 0.25) is 0 Å². The van der Waals surface area contributed by atoms with Crippen molar-refractivity contribution in [3.05, 3.63) is 18.2 Å². The van der Waals surface area contributed by atoms with E-state index in [1.807, 2.05) is 7.05 Å². The van der Waals surface area contributed by atoms with Crippen LogP contribution in [0.3, 0.4) is 0 Å². The number of likely N-dealkylation sites (tertiary alicyclic amines) is 1. The molecule has 5 heteroatoms. The fourth-order valence-corrected chi connectivity index (χ4v) is 3.71. The van der Waals surface area contributed by atoms with Crippen molar-refractivity contribution in [2.45, 2.75) is 44.6 Å². The molecule has 1 amide bonds. The Morgan fingerprint density at radius 2 is 2.14 bits per heavy atom. The van der Waals surface area contributed by atoms with Crippen molar-refractivity contribution in [2.24, 2.45) is 13.0 Å². The molecule has 1 saturated heterocycles. The van der Waals surface area contributed by atoms with E-state index >= 15 is 0 Å². The van der Waals surface area contributed by atoms with E-state index in [2.05, 4.69) is 15.2 Å². The SMILES string of the molecule is Cn1ccnc1C(=O)NC[C@H]1CCN(C2CCCCC2)C1. The first-order valence-electron chi connectivity index (χ1n) is 8.23. The van der Waals surface area contributed by atoms with E-state index in [0.29, 0.717) is 11.7 Å². The third-order valence-electron chi connectivity index (χ3n) is 4.98. The Morgan fingerprint density at radius 3 is 2.86 bits per heavy atom. The number of aryl methyl sites for hydroxylation is 1. The molecule has 2 aliphatic rings. The zero-order valence-electron chi connectivity index (χ0n) is 12.9. The largest absolute Gasteiger partial charge is 0.349 e. The maximum absolute atomic E-state index is 12.1. The molecule has 1 aromatic rings. The van der Waals surface area contributed by atoms with Gasteiger partial charge in [-0.3, -0.25) is 4.79 Å². The highest BCUT2D eigenvalue weighted by molar-refractivity contribution is 5.90. The van der Waals surface area contributed by atoms with E-state index in [9.17, 15) is 4.79 Å². The van der Waals surface area contributed by atoms with Gasteiger partial charge >= 0.3 is 0 Å². The molecule has 2 fully saturated rings. The van der Waals surface area contributed by atoms with Gasteiger partial charge in [-0.15, -0.1) is 0 Å². The van der Waals surface area contributed by atoms with Crippen molar-refractivity contribution in [3.8, 4) is 0 Å². The zero-order chi connectivity index (χ0) is 14.7. The summed E-state index contributed by atoms with van der Waals surface area (Å²) in [5.74, 6) is 1.03. The normalized spacial score (nSPS) is 24.3. The van der Waals surface area contributed by atoms with Crippen LogP contribution in [0.25, 0.3) is 0 Å². The van der Waals surface area contributed by atoms with Crippen molar-refractivity contribution in [2.75, 3.05) is 19.6 Å². The Hall–Kier alpha value is -1.36. The number of imidazole rings is 1. The summed E-state index contributed by atoms with van der Waals surface area (Å²) in [5.41, 5.74) is 0. The highest BCUT2D eigenvalue weighted by atomic mass is 16.2. The van der Waals surface area contributed by atoms with Crippen LogP contribution >= 0.6 is 0 Å². The van der Waals surface area contributed by atoms with Gasteiger partial charge in [-0.1, -0.05) is 19.3 Å². The van der Waals surface area contributed by atoms with Crippen molar-refractivity contribution in [1.82, 2.24) is 19.8 Å². The topological polar surface area (TPSA) is 50.2 Å². The first-order valence-corrected chi connectivity index (χ1v) is 8.23.